The number of hydrogen-bond acceptors (Lipinski definition) is 3. The minimum atomic E-state index is -0.0378. The first-order valence-corrected chi connectivity index (χ1v) is 7.66. The van der Waals surface area contributed by atoms with Gasteiger partial charge in [-0.1, -0.05) is 12.5 Å². The summed E-state index contributed by atoms with van der Waals surface area (Å²) in [6.07, 6.45) is 4.47. The first-order chi connectivity index (χ1) is 10.2. The van der Waals surface area contributed by atoms with Gasteiger partial charge in [-0.25, -0.2) is 0 Å². The summed E-state index contributed by atoms with van der Waals surface area (Å²) >= 11 is 0. The van der Waals surface area contributed by atoms with Crippen LogP contribution in [0.1, 0.15) is 32.1 Å². The average molecular weight is 287 g/mol. The molecule has 21 heavy (non-hydrogen) atoms. The molecule has 0 heterocycles. The molecule has 2 aliphatic rings. The number of anilines is 1. The van der Waals surface area contributed by atoms with E-state index in [2.05, 4.69) is 5.32 Å². The van der Waals surface area contributed by atoms with Crippen LogP contribution in [0, 0.1) is 17.8 Å². The zero-order valence-electron chi connectivity index (χ0n) is 12.3. The van der Waals surface area contributed by atoms with E-state index in [1.807, 2.05) is 24.3 Å². The molecule has 2 saturated carbocycles. The average Bonchev–Trinajstić information content (AvgIpc) is 2.47. The maximum atomic E-state index is 12.4. The van der Waals surface area contributed by atoms with Crippen molar-refractivity contribution < 1.29 is 14.3 Å². The predicted molar refractivity (Wildman–Crippen MR) is 80.2 cm³/mol. The molecule has 2 atom stereocenters. The second-order valence-corrected chi connectivity index (χ2v) is 6.12. The minimum absolute atomic E-state index is 0.0349. The summed E-state index contributed by atoms with van der Waals surface area (Å²) in [5, 5.41) is 2.96. The SMILES string of the molecule is COc1cccc(NC(=O)C2C[C@@H]3CCC[C@@H](C2)C3=O)c1. The highest BCUT2D eigenvalue weighted by molar-refractivity contribution is 5.95. The molecule has 0 saturated heterocycles. The number of amides is 1. The minimum Gasteiger partial charge on any atom is -0.497 e. The Morgan fingerprint density at radius 1 is 1.24 bits per heavy atom. The lowest BCUT2D eigenvalue weighted by molar-refractivity contribution is -0.136. The molecule has 2 bridgehead atoms. The van der Waals surface area contributed by atoms with E-state index in [1.54, 1.807) is 7.11 Å². The van der Waals surface area contributed by atoms with Crippen LogP contribution in [0.3, 0.4) is 0 Å². The molecule has 2 fully saturated rings. The maximum absolute atomic E-state index is 12.4. The van der Waals surface area contributed by atoms with Gasteiger partial charge >= 0.3 is 0 Å². The van der Waals surface area contributed by atoms with Crippen LogP contribution in [-0.2, 0) is 9.59 Å². The van der Waals surface area contributed by atoms with Gasteiger partial charge in [0.1, 0.15) is 11.5 Å². The van der Waals surface area contributed by atoms with E-state index >= 15 is 0 Å². The van der Waals surface area contributed by atoms with Crippen molar-refractivity contribution in [2.75, 3.05) is 12.4 Å². The van der Waals surface area contributed by atoms with E-state index in [0.717, 1.165) is 30.7 Å². The van der Waals surface area contributed by atoms with E-state index in [1.165, 1.54) is 0 Å². The van der Waals surface area contributed by atoms with Gasteiger partial charge in [-0.3, -0.25) is 9.59 Å². The quantitative estimate of drug-likeness (QED) is 0.929. The summed E-state index contributed by atoms with van der Waals surface area (Å²) in [4.78, 5) is 24.5. The fraction of sp³-hybridized carbons (Fsp3) is 0.529. The van der Waals surface area contributed by atoms with Crippen LogP contribution < -0.4 is 10.1 Å². The van der Waals surface area contributed by atoms with Crippen LogP contribution >= 0.6 is 0 Å². The van der Waals surface area contributed by atoms with Crippen molar-refractivity contribution in [3.05, 3.63) is 24.3 Å². The highest BCUT2D eigenvalue weighted by Crippen LogP contribution is 2.40. The molecule has 3 rings (SSSR count). The summed E-state index contributed by atoms with van der Waals surface area (Å²) in [7, 11) is 1.61. The third-order valence-electron chi connectivity index (χ3n) is 4.76. The number of carbonyl (C=O) groups is 2. The van der Waals surface area contributed by atoms with Crippen LogP contribution in [0.2, 0.25) is 0 Å². The summed E-state index contributed by atoms with van der Waals surface area (Å²) < 4.78 is 5.16. The van der Waals surface area contributed by atoms with Crippen molar-refractivity contribution in [2.24, 2.45) is 17.8 Å². The summed E-state index contributed by atoms with van der Waals surface area (Å²) in [5.74, 6) is 1.34. The Morgan fingerprint density at radius 2 is 1.95 bits per heavy atom. The molecule has 0 aromatic heterocycles. The number of benzene rings is 1. The second kappa shape index (κ2) is 5.88. The van der Waals surface area contributed by atoms with Crippen LogP contribution in [0.5, 0.6) is 5.75 Å². The standard InChI is InChI=1S/C17H21NO3/c1-21-15-7-3-6-14(10-15)18-17(20)13-8-11-4-2-5-12(9-13)16(11)19/h3,6-7,10-13H,2,4-5,8-9H2,1H3,(H,18,20)/t11-,12-/m0/s1. The summed E-state index contributed by atoms with van der Waals surface area (Å²) in [5.41, 5.74) is 0.751. The molecule has 4 nitrogen and oxygen atoms in total. The Labute approximate surface area is 124 Å². The van der Waals surface area contributed by atoms with Gasteiger partial charge < -0.3 is 10.1 Å². The Morgan fingerprint density at radius 3 is 2.62 bits per heavy atom. The number of ketones is 1. The molecule has 1 N–H and O–H groups in total. The van der Waals surface area contributed by atoms with Gasteiger partial charge in [-0.2, -0.15) is 0 Å². The smallest absolute Gasteiger partial charge is 0.227 e. The van der Waals surface area contributed by atoms with E-state index in [9.17, 15) is 9.59 Å². The monoisotopic (exact) mass is 287 g/mol. The summed E-state index contributed by atoms with van der Waals surface area (Å²) in [6.45, 7) is 0. The van der Waals surface area contributed by atoms with Crippen LogP contribution in [-0.4, -0.2) is 18.8 Å². The van der Waals surface area contributed by atoms with Gasteiger partial charge in [0.2, 0.25) is 5.91 Å². The number of nitrogens with one attached hydrogen (secondary N) is 1. The highest BCUT2D eigenvalue weighted by atomic mass is 16.5. The molecular formula is C17H21NO3. The highest BCUT2D eigenvalue weighted by Gasteiger charge is 2.41. The van der Waals surface area contributed by atoms with Gasteiger partial charge in [0.25, 0.3) is 0 Å². The molecule has 2 aliphatic carbocycles. The van der Waals surface area contributed by atoms with Crippen molar-refractivity contribution in [3.63, 3.8) is 0 Å². The van der Waals surface area contributed by atoms with E-state index in [-0.39, 0.29) is 23.7 Å². The Balaban J connectivity index is 1.67. The molecule has 0 aliphatic heterocycles. The predicted octanol–water partition coefficient (Wildman–Crippen LogP) is 3.03. The van der Waals surface area contributed by atoms with Gasteiger partial charge in [0, 0.05) is 29.5 Å². The molecular weight excluding hydrogens is 266 g/mol. The summed E-state index contributed by atoms with van der Waals surface area (Å²) in [6, 6.07) is 7.37. The maximum Gasteiger partial charge on any atom is 0.227 e. The number of ether oxygens (including phenoxy) is 1. The van der Waals surface area contributed by atoms with E-state index < -0.39 is 0 Å². The van der Waals surface area contributed by atoms with E-state index in [4.69, 9.17) is 4.74 Å². The van der Waals surface area contributed by atoms with Gasteiger partial charge in [0.05, 0.1) is 7.11 Å². The number of methoxy groups -OCH3 is 1. The number of carbonyl (C=O) groups excluding carboxylic acids is 2. The topological polar surface area (TPSA) is 55.4 Å². The van der Waals surface area contributed by atoms with Crippen molar-refractivity contribution in [1.29, 1.82) is 0 Å². The first-order valence-electron chi connectivity index (χ1n) is 7.66. The molecule has 112 valence electrons. The van der Waals surface area contributed by atoms with Crippen molar-refractivity contribution in [2.45, 2.75) is 32.1 Å². The van der Waals surface area contributed by atoms with Gasteiger partial charge in [-0.05, 0) is 37.8 Å². The number of fused-ring (bicyclic) bond motifs is 2. The normalized spacial score (nSPS) is 28.0. The Hall–Kier alpha value is -1.84. The molecule has 0 radical (unpaired) electrons. The first kappa shape index (κ1) is 14.1. The number of hydrogen-bond donors (Lipinski definition) is 1. The van der Waals surface area contributed by atoms with Crippen molar-refractivity contribution in [1.82, 2.24) is 0 Å². The van der Waals surface area contributed by atoms with Gasteiger partial charge in [-0.15, -0.1) is 0 Å². The third-order valence-corrected chi connectivity index (χ3v) is 4.76. The van der Waals surface area contributed by atoms with Gasteiger partial charge in [0.15, 0.2) is 0 Å². The van der Waals surface area contributed by atoms with Crippen LogP contribution in [0.25, 0.3) is 0 Å². The molecule has 1 aromatic rings. The molecule has 1 aromatic carbocycles. The Bertz CT molecular complexity index is 539. The zero-order chi connectivity index (χ0) is 14.8. The zero-order valence-corrected chi connectivity index (χ0v) is 12.3. The van der Waals surface area contributed by atoms with Crippen LogP contribution in [0.15, 0.2) is 24.3 Å². The fourth-order valence-electron chi connectivity index (χ4n) is 3.64. The third kappa shape index (κ3) is 2.94. The molecule has 4 heteroatoms. The molecule has 1 amide bonds. The molecule has 0 spiro atoms. The lowest BCUT2D eigenvalue weighted by Gasteiger charge is -2.36. The molecule has 0 unspecified atom stereocenters. The van der Waals surface area contributed by atoms with Crippen molar-refractivity contribution in [3.8, 4) is 5.75 Å². The lowest BCUT2D eigenvalue weighted by Crippen LogP contribution is -2.40. The lowest BCUT2D eigenvalue weighted by atomic mass is 9.67. The van der Waals surface area contributed by atoms with Crippen LogP contribution in [0.4, 0.5) is 5.69 Å². The second-order valence-electron chi connectivity index (χ2n) is 6.12. The largest absolute Gasteiger partial charge is 0.497 e. The number of Topliss-reactive ketones (excluding diaryl/α,β-unsaturated/α-hetero) is 1. The van der Waals surface area contributed by atoms with Crippen molar-refractivity contribution >= 4 is 17.4 Å². The fourth-order valence-corrected chi connectivity index (χ4v) is 3.64. The van der Waals surface area contributed by atoms with E-state index in [0.29, 0.717) is 18.6 Å². The number of rotatable bonds is 3. The Kier molecular flexibility index (Phi) is 3.95.